The third-order valence-electron chi connectivity index (χ3n) is 5.44. The molecule has 5 nitrogen and oxygen atoms in total. The molecular weight excluding hydrogens is 382 g/mol. The summed E-state index contributed by atoms with van der Waals surface area (Å²) in [6.07, 6.45) is 1.28. The summed E-state index contributed by atoms with van der Waals surface area (Å²) in [5, 5.41) is 8.30. The predicted octanol–water partition coefficient (Wildman–Crippen LogP) is 4.69. The lowest BCUT2D eigenvalue weighted by molar-refractivity contribution is -0.118. The number of anilines is 1. The van der Waals surface area contributed by atoms with E-state index in [1.54, 1.807) is 17.4 Å². The summed E-state index contributed by atoms with van der Waals surface area (Å²) in [4.78, 5) is 31.9. The molecule has 0 saturated heterocycles. The highest BCUT2D eigenvalue weighted by molar-refractivity contribution is 7.10. The molecule has 1 atom stereocenters. The molecule has 4 rings (SSSR count). The minimum Gasteiger partial charge on any atom is -0.362 e. The van der Waals surface area contributed by atoms with E-state index < -0.39 is 0 Å². The summed E-state index contributed by atoms with van der Waals surface area (Å²) in [6.45, 7) is 8.02. The van der Waals surface area contributed by atoms with E-state index in [2.05, 4.69) is 29.5 Å². The third kappa shape index (κ3) is 3.77. The van der Waals surface area contributed by atoms with Gasteiger partial charge >= 0.3 is 0 Å². The zero-order chi connectivity index (χ0) is 20.8. The first kappa shape index (κ1) is 19.6. The molecule has 2 N–H and O–H groups in total. The van der Waals surface area contributed by atoms with Crippen LogP contribution < -0.4 is 10.6 Å². The quantitative estimate of drug-likeness (QED) is 0.774. The number of pyridine rings is 1. The third-order valence-corrected chi connectivity index (χ3v) is 6.38. The maximum Gasteiger partial charge on any atom is 0.255 e. The number of Topliss-reactive ketones (excluding diaryl/α,β-unsaturated/α-hetero) is 1. The summed E-state index contributed by atoms with van der Waals surface area (Å²) < 4.78 is 0. The number of carbonyl (C=O) groups is 2. The molecule has 29 heavy (non-hydrogen) atoms. The Morgan fingerprint density at radius 2 is 2.00 bits per heavy atom. The van der Waals surface area contributed by atoms with Crippen molar-refractivity contribution in [1.29, 1.82) is 0 Å². The molecule has 1 aliphatic carbocycles. The van der Waals surface area contributed by atoms with Crippen LogP contribution in [0.1, 0.15) is 50.1 Å². The van der Waals surface area contributed by atoms with Crippen LogP contribution in [-0.2, 0) is 9.59 Å². The number of nitrogens with one attached hydrogen (secondary N) is 2. The Morgan fingerprint density at radius 3 is 2.69 bits per heavy atom. The Morgan fingerprint density at radius 1 is 1.21 bits per heavy atom. The van der Waals surface area contributed by atoms with Crippen LogP contribution >= 0.6 is 11.3 Å². The number of nitrogens with zero attached hydrogens (tertiary/aromatic N) is 1. The van der Waals surface area contributed by atoms with Gasteiger partial charge in [0.15, 0.2) is 5.78 Å². The maximum absolute atomic E-state index is 13.3. The number of aryl methyl sites for hydroxylation is 1. The number of allylic oxidation sites excluding steroid dienone is 3. The Labute approximate surface area is 174 Å². The normalized spacial score (nSPS) is 21.0. The van der Waals surface area contributed by atoms with E-state index in [9.17, 15) is 9.59 Å². The Kier molecular flexibility index (Phi) is 4.90. The fourth-order valence-electron chi connectivity index (χ4n) is 4.27. The average molecular weight is 408 g/mol. The fourth-order valence-corrected chi connectivity index (χ4v) is 5.12. The van der Waals surface area contributed by atoms with Crippen LogP contribution in [0.25, 0.3) is 0 Å². The van der Waals surface area contributed by atoms with Crippen molar-refractivity contribution in [1.82, 2.24) is 10.3 Å². The Balaban J connectivity index is 1.77. The van der Waals surface area contributed by atoms with Gasteiger partial charge in [-0.3, -0.25) is 9.59 Å². The van der Waals surface area contributed by atoms with E-state index in [4.69, 9.17) is 0 Å². The molecule has 6 heteroatoms. The molecule has 0 bridgehead atoms. The van der Waals surface area contributed by atoms with Crippen LogP contribution in [0.2, 0.25) is 0 Å². The summed E-state index contributed by atoms with van der Waals surface area (Å²) in [6, 6.07) is 9.49. The number of thiophene rings is 1. The number of ketones is 1. The van der Waals surface area contributed by atoms with Gasteiger partial charge in [-0.1, -0.05) is 26.0 Å². The second kappa shape index (κ2) is 7.26. The van der Waals surface area contributed by atoms with Crippen LogP contribution in [0.3, 0.4) is 0 Å². The Hall–Kier alpha value is -2.73. The van der Waals surface area contributed by atoms with Crippen molar-refractivity contribution in [2.45, 2.75) is 46.5 Å². The summed E-state index contributed by atoms with van der Waals surface area (Å²) in [5.41, 5.74) is 3.81. The summed E-state index contributed by atoms with van der Waals surface area (Å²) in [5.74, 6) is 0.0556. The van der Waals surface area contributed by atoms with E-state index >= 15 is 0 Å². The molecule has 1 amide bonds. The number of amides is 1. The van der Waals surface area contributed by atoms with E-state index in [1.165, 1.54) is 0 Å². The van der Waals surface area contributed by atoms with Crippen molar-refractivity contribution in [2.24, 2.45) is 5.41 Å². The molecule has 2 aliphatic rings. The minimum atomic E-state index is -0.348. The van der Waals surface area contributed by atoms with Gasteiger partial charge in [-0.2, -0.15) is 0 Å². The van der Waals surface area contributed by atoms with Gasteiger partial charge in [-0.15, -0.1) is 11.3 Å². The molecular formula is C23H25N3O2S. The van der Waals surface area contributed by atoms with Gasteiger partial charge in [0, 0.05) is 39.5 Å². The second-order valence-corrected chi connectivity index (χ2v) is 9.54. The maximum atomic E-state index is 13.3. The number of dihydropyridines is 1. The highest BCUT2D eigenvalue weighted by Gasteiger charge is 2.43. The zero-order valence-corrected chi connectivity index (χ0v) is 17.9. The van der Waals surface area contributed by atoms with Crippen molar-refractivity contribution in [2.75, 3.05) is 5.32 Å². The molecule has 0 aromatic carbocycles. The van der Waals surface area contributed by atoms with Crippen LogP contribution in [-0.4, -0.2) is 16.7 Å². The van der Waals surface area contributed by atoms with Gasteiger partial charge in [0.2, 0.25) is 0 Å². The second-order valence-electron chi connectivity index (χ2n) is 8.56. The molecule has 150 valence electrons. The van der Waals surface area contributed by atoms with Gasteiger partial charge in [0.1, 0.15) is 5.82 Å². The molecule has 3 heterocycles. The lowest BCUT2D eigenvalue weighted by Gasteiger charge is -2.39. The van der Waals surface area contributed by atoms with Crippen molar-refractivity contribution in [3.05, 3.63) is 68.8 Å². The molecule has 1 aliphatic heterocycles. The number of hydrogen-bond donors (Lipinski definition) is 2. The number of rotatable bonds is 3. The van der Waals surface area contributed by atoms with Crippen LogP contribution in [0.15, 0.2) is 58.3 Å². The van der Waals surface area contributed by atoms with Crippen LogP contribution in [0.4, 0.5) is 5.82 Å². The van der Waals surface area contributed by atoms with Gasteiger partial charge in [0.25, 0.3) is 5.91 Å². The molecule has 0 unspecified atom stereocenters. The molecule has 0 saturated carbocycles. The molecule has 0 radical (unpaired) electrons. The smallest absolute Gasteiger partial charge is 0.255 e. The zero-order valence-electron chi connectivity index (χ0n) is 17.1. The van der Waals surface area contributed by atoms with Crippen LogP contribution in [0, 0.1) is 12.3 Å². The largest absolute Gasteiger partial charge is 0.362 e. The van der Waals surface area contributed by atoms with Gasteiger partial charge < -0.3 is 10.6 Å². The monoisotopic (exact) mass is 407 g/mol. The first-order chi connectivity index (χ1) is 13.7. The molecule has 0 fully saturated rings. The predicted molar refractivity (Wildman–Crippen MR) is 116 cm³/mol. The Bertz CT molecular complexity index is 1050. The highest BCUT2D eigenvalue weighted by atomic mass is 32.1. The van der Waals surface area contributed by atoms with E-state index in [-0.39, 0.29) is 23.0 Å². The molecule has 2 aromatic rings. The fraction of sp³-hybridized carbons (Fsp3) is 0.348. The average Bonchev–Trinajstić information content (AvgIpc) is 3.13. The lowest BCUT2D eigenvalue weighted by atomic mass is 9.69. The number of aromatic nitrogens is 1. The SMILES string of the molecule is CC1=C(C(=O)Nc2cccc(C)n2)[C@@H](c2cccs2)C2=C(CC(C)(C)CC2=O)N1. The first-order valence-corrected chi connectivity index (χ1v) is 10.7. The minimum absolute atomic E-state index is 0.0888. The number of carbonyl (C=O) groups excluding carboxylic acids is 2. The van der Waals surface area contributed by atoms with E-state index in [1.807, 2.05) is 43.5 Å². The van der Waals surface area contributed by atoms with E-state index in [0.29, 0.717) is 17.8 Å². The summed E-state index contributed by atoms with van der Waals surface area (Å²) >= 11 is 1.58. The molecule has 2 aromatic heterocycles. The lowest BCUT2D eigenvalue weighted by Crippen LogP contribution is -2.39. The van der Waals surface area contributed by atoms with E-state index in [0.717, 1.165) is 34.0 Å². The van der Waals surface area contributed by atoms with Gasteiger partial charge in [-0.25, -0.2) is 4.98 Å². The van der Waals surface area contributed by atoms with Gasteiger partial charge in [0.05, 0.1) is 5.92 Å². The van der Waals surface area contributed by atoms with Crippen molar-refractivity contribution >= 4 is 28.8 Å². The van der Waals surface area contributed by atoms with Crippen LogP contribution in [0.5, 0.6) is 0 Å². The standard InChI is InChI=1S/C23H25N3O2S/c1-13-7-5-9-18(24-13)26-22(28)19-14(2)25-15-11-23(3,4)12-16(27)20(15)21(19)17-8-6-10-29-17/h5-10,21,25H,11-12H2,1-4H3,(H,24,26,28)/t21-/m1/s1. The van der Waals surface area contributed by atoms with Gasteiger partial charge in [-0.05, 0) is 49.3 Å². The number of hydrogen-bond acceptors (Lipinski definition) is 5. The van der Waals surface area contributed by atoms with Crippen molar-refractivity contribution in [3.8, 4) is 0 Å². The first-order valence-electron chi connectivity index (χ1n) is 9.77. The van der Waals surface area contributed by atoms with Crippen molar-refractivity contribution < 1.29 is 9.59 Å². The molecule has 0 spiro atoms. The topological polar surface area (TPSA) is 71.1 Å². The highest BCUT2D eigenvalue weighted by Crippen LogP contribution is 2.47. The van der Waals surface area contributed by atoms with Crippen molar-refractivity contribution in [3.63, 3.8) is 0 Å². The summed E-state index contributed by atoms with van der Waals surface area (Å²) in [7, 11) is 0.